The van der Waals surface area contributed by atoms with Crippen LogP contribution < -0.4 is 0 Å². The molecule has 0 bridgehead atoms. The Morgan fingerprint density at radius 1 is 0.966 bits per heavy atom. The van der Waals surface area contributed by atoms with E-state index in [1.807, 2.05) is 24.3 Å². The highest BCUT2D eigenvalue weighted by atomic mass is 35.5. The number of fused-ring (bicyclic) bond motifs is 3. The van der Waals surface area contributed by atoms with Crippen LogP contribution in [0.2, 0.25) is 0 Å². The number of thioether (sulfide) groups is 2. The first-order chi connectivity index (χ1) is 13.9. The molecule has 148 valence electrons. The molecule has 0 radical (unpaired) electrons. The summed E-state index contributed by atoms with van der Waals surface area (Å²) in [5, 5.41) is 24.1. The van der Waals surface area contributed by atoms with E-state index in [1.165, 1.54) is 10.0 Å². The van der Waals surface area contributed by atoms with Crippen LogP contribution in [0.1, 0.15) is 22.3 Å². The third-order valence-electron chi connectivity index (χ3n) is 5.40. The topological polar surface area (TPSA) is 81.1 Å². The molecule has 2 amide bonds. The molecule has 1 saturated heterocycles. The number of phenolic OH excluding ortho intramolecular Hbond substituents is 2. The number of benzene rings is 2. The number of halogens is 1. The highest BCUT2D eigenvalue weighted by molar-refractivity contribution is 8.25. The minimum absolute atomic E-state index is 0.0123. The minimum Gasteiger partial charge on any atom is -0.506 e. The zero-order valence-corrected chi connectivity index (χ0v) is 17.6. The number of carbonyl (C=O) groups is 2. The van der Waals surface area contributed by atoms with E-state index in [-0.39, 0.29) is 34.8 Å². The molecular weight excluding hydrogens is 432 g/mol. The number of nitrogens with zero attached hydrogens (tertiary/aromatic N) is 2. The molecule has 3 aliphatic rings. The Morgan fingerprint density at radius 3 is 2.00 bits per heavy atom. The van der Waals surface area contributed by atoms with Gasteiger partial charge in [-0.3, -0.25) is 9.59 Å². The lowest BCUT2D eigenvalue weighted by Crippen LogP contribution is -2.43. The van der Waals surface area contributed by atoms with Crippen molar-refractivity contribution in [2.45, 2.75) is 35.7 Å². The first-order valence-electron chi connectivity index (χ1n) is 8.86. The molecular formula is C20H15ClN2O4S2. The highest BCUT2D eigenvalue weighted by Crippen LogP contribution is 2.61. The predicted octanol–water partition coefficient (Wildman–Crippen LogP) is 3.85. The Labute approximate surface area is 180 Å². The summed E-state index contributed by atoms with van der Waals surface area (Å²) >= 11 is 8.19. The number of hydrogen-bond donors (Lipinski definition) is 2. The minimum atomic E-state index is -0.361. The SMILES string of the molecule is Cc1c(O)c2c(c(O)c1CCl)SC(=C1C(=O)N3Cc4ccccc4CN3C1=O)S2. The fourth-order valence-corrected chi connectivity index (χ4v) is 6.77. The molecule has 29 heavy (non-hydrogen) atoms. The predicted molar refractivity (Wildman–Crippen MR) is 110 cm³/mol. The summed E-state index contributed by atoms with van der Waals surface area (Å²) in [6.45, 7) is 2.36. The lowest BCUT2D eigenvalue weighted by Gasteiger charge is -2.33. The Morgan fingerprint density at radius 2 is 1.48 bits per heavy atom. The van der Waals surface area contributed by atoms with Crippen molar-refractivity contribution in [1.29, 1.82) is 0 Å². The van der Waals surface area contributed by atoms with Gasteiger partial charge in [0.2, 0.25) is 0 Å². The van der Waals surface area contributed by atoms with E-state index in [4.69, 9.17) is 11.6 Å². The summed E-state index contributed by atoms with van der Waals surface area (Å²) in [6, 6.07) is 7.74. The number of alkyl halides is 1. The van der Waals surface area contributed by atoms with Gasteiger partial charge in [0.15, 0.2) is 0 Å². The maximum absolute atomic E-state index is 13.1. The van der Waals surface area contributed by atoms with Crippen molar-refractivity contribution < 1.29 is 19.8 Å². The second-order valence-corrected chi connectivity index (χ2v) is 9.52. The molecule has 3 aliphatic heterocycles. The van der Waals surface area contributed by atoms with Gasteiger partial charge in [0, 0.05) is 11.1 Å². The van der Waals surface area contributed by atoms with E-state index < -0.39 is 0 Å². The summed E-state index contributed by atoms with van der Waals surface area (Å²) in [6.07, 6.45) is 0. The second-order valence-electron chi connectivity index (χ2n) is 6.95. The van der Waals surface area contributed by atoms with Crippen molar-refractivity contribution in [3.63, 3.8) is 0 Å². The maximum atomic E-state index is 13.1. The first-order valence-corrected chi connectivity index (χ1v) is 11.0. The van der Waals surface area contributed by atoms with Crippen LogP contribution in [0, 0.1) is 6.92 Å². The molecule has 5 rings (SSSR count). The van der Waals surface area contributed by atoms with Crippen molar-refractivity contribution in [2.75, 3.05) is 0 Å². The third kappa shape index (κ3) is 2.59. The Balaban J connectivity index is 1.57. The standard InChI is InChI=1S/C20H15ClN2O4S2/c1-9-12(6-21)15(25)17-16(14(9)24)28-20(29-17)13-18(26)22-7-10-4-2-3-5-11(10)8-23(22)19(13)27/h2-5,24-25H,6-8H2,1H3. The van der Waals surface area contributed by atoms with Crippen LogP contribution in [0.15, 0.2) is 43.9 Å². The number of phenols is 2. The van der Waals surface area contributed by atoms with E-state index in [2.05, 4.69) is 0 Å². The molecule has 0 aromatic heterocycles. The van der Waals surface area contributed by atoms with Crippen LogP contribution in [-0.4, -0.2) is 32.0 Å². The van der Waals surface area contributed by atoms with Gasteiger partial charge in [-0.25, -0.2) is 10.0 Å². The summed E-state index contributed by atoms with van der Waals surface area (Å²) in [5.41, 5.74) is 3.06. The van der Waals surface area contributed by atoms with Gasteiger partial charge in [0.1, 0.15) is 17.1 Å². The van der Waals surface area contributed by atoms with Gasteiger partial charge in [-0.05, 0) is 18.1 Å². The quantitative estimate of drug-likeness (QED) is 0.300. The van der Waals surface area contributed by atoms with Crippen molar-refractivity contribution >= 4 is 46.9 Å². The van der Waals surface area contributed by atoms with Crippen molar-refractivity contribution in [1.82, 2.24) is 10.0 Å². The van der Waals surface area contributed by atoms with E-state index in [9.17, 15) is 19.8 Å². The number of hydrazine groups is 1. The van der Waals surface area contributed by atoms with Crippen molar-refractivity contribution in [3.8, 4) is 11.5 Å². The lowest BCUT2D eigenvalue weighted by molar-refractivity contribution is -0.151. The molecule has 0 atom stereocenters. The van der Waals surface area contributed by atoms with E-state index >= 15 is 0 Å². The molecule has 0 saturated carbocycles. The number of rotatable bonds is 1. The monoisotopic (exact) mass is 446 g/mol. The molecule has 9 heteroatoms. The average molecular weight is 447 g/mol. The van der Waals surface area contributed by atoms with Gasteiger partial charge < -0.3 is 10.2 Å². The Kier molecular flexibility index (Phi) is 4.27. The van der Waals surface area contributed by atoms with Crippen LogP contribution in [0.25, 0.3) is 0 Å². The van der Waals surface area contributed by atoms with Gasteiger partial charge in [-0.2, -0.15) is 0 Å². The molecule has 2 aromatic rings. The van der Waals surface area contributed by atoms with Crippen LogP contribution >= 0.6 is 35.1 Å². The van der Waals surface area contributed by atoms with E-state index in [1.54, 1.807) is 6.92 Å². The molecule has 2 aromatic carbocycles. The highest BCUT2D eigenvalue weighted by Gasteiger charge is 2.46. The number of hydrogen-bond acceptors (Lipinski definition) is 6. The fraction of sp³-hybridized carbons (Fsp3) is 0.200. The number of amides is 2. The van der Waals surface area contributed by atoms with Gasteiger partial charge in [-0.15, -0.1) is 11.6 Å². The van der Waals surface area contributed by atoms with Gasteiger partial charge in [0.05, 0.1) is 33.0 Å². The Bertz CT molecular complexity index is 1100. The zero-order valence-electron chi connectivity index (χ0n) is 15.2. The van der Waals surface area contributed by atoms with E-state index in [0.29, 0.717) is 38.2 Å². The fourth-order valence-electron chi connectivity index (χ4n) is 3.75. The normalized spacial score (nSPS) is 17.7. The first kappa shape index (κ1) is 18.7. The third-order valence-corrected chi connectivity index (χ3v) is 8.28. The van der Waals surface area contributed by atoms with Crippen LogP contribution in [0.4, 0.5) is 0 Å². The van der Waals surface area contributed by atoms with Crippen LogP contribution in [0.5, 0.6) is 11.5 Å². The molecule has 2 N–H and O–H groups in total. The van der Waals surface area contributed by atoms with Gasteiger partial charge >= 0.3 is 0 Å². The average Bonchev–Trinajstić information content (AvgIpc) is 3.25. The molecule has 1 fully saturated rings. The summed E-state index contributed by atoms with van der Waals surface area (Å²) in [5.74, 6) is -0.666. The second kappa shape index (κ2) is 6.62. The zero-order chi connectivity index (χ0) is 20.4. The van der Waals surface area contributed by atoms with Crippen molar-refractivity contribution in [2.24, 2.45) is 0 Å². The summed E-state index contributed by atoms with van der Waals surface area (Å²) in [7, 11) is 0. The number of aromatic hydroxyl groups is 2. The van der Waals surface area contributed by atoms with Crippen molar-refractivity contribution in [3.05, 3.63) is 56.3 Å². The lowest BCUT2D eigenvalue weighted by atomic mass is 10.1. The maximum Gasteiger partial charge on any atom is 0.280 e. The molecule has 3 heterocycles. The number of carbonyl (C=O) groups excluding carboxylic acids is 2. The summed E-state index contributed by atoms with van der Waals surface area (Å²) < 4.78 is 0.463. The summed E-state index contributed by atoms with van der Waals surface area (Å²) in [4.78, 5) is 27.1. The smallest absolute Gasteiger partial charge is 0.280 e. The molecule has 0 spiro atoms. The largest absolute Gasteiger partial charge is 0.506 e. The van der Waals surface area contributed by atoms with Gasteiger partial charge in [0.25, 0.3) is 11.8 Å². The van der Waals surface area contributed by atoms with Crippen LogP contribution in [-0.2, 0) is 28.6 Å². The molecule has 0 aliphatic carbocycles. The molecule has 6 nitrogen and oxygen atoms in total. The van der Waals surface area contributed by atoms with Crippen LogP contribution in [0.3, 0.4) is 0 Å². The molecule has 0 unspecified atom stereocenters. The van der Waals surface area contributed by atoms with E-state index in [0.717, 1.165) is 34.7 Å². The Hall–Kier alpha value is -2.29. The van der Waals surface area contributed by atoms with Gasteiger partial charge in [-0.1, -0.05) is 47.8 Å².